The summed E-state index contributed by atoms with van der Waals surface area (Å²) in [6.45, 7) is 1.21. The average molecular weight is 252 g/mol. The average Bonchev–Trinajstić information content (AvgIpc) is 2.83. The molecule has 0 aromatic carbocycles. The molecule has 3 heterocycles. The molecule has 0 amide bonds. The highest BCUT2D eigenvalue weighted by Gasteiger charge is 2.11. The summed E-state index contributed by atoms with van der Waals surface area (Å²) in [5.74, 6) is 0.606. The number of aromatic nitrogens is 2. The van der Waals surface area contributed by atoms with E-state index in [1.165, 1.54) is 0 Å². The zero-order chi connectivity index (χ0) is 13.1. The van der Waals surface area contributed by atoms with Crippen molar-refractivity contribution in [3.05, 3.63) is 53.9 Å². The first kappa shape index (κ1) is 11.4. The van der Waals surface area contributed by atoms with Crippen molar-refractivity contribution < 1.29 is 4.74 Å². The van der Waals surface area contributed by atoms with Gasteiger partial charge in [-0.15, -0.1) is 5.10 Å². The van der Waals surface area contributed by atoms with Crippen LogP contribution in [0, 0.1) is 11.3 Å². The first-order valence-corrected chi connectivity index (χ1v) is 5.97. The number of nitrogens with one attached hydrogen (secondary N) is 1. The first-order chi connectivity index (χ1) is 9.38. The number of nitriles is 1. The lowest BCUT2D eigenvalue weighted by Crippen LogP contribution is -2.07. The summed E-state index contributed by atoms with van der Waals surface area (Å²) >= 11 is 0. The normalized spacial score (nSPS) is 13.7. The first-order valence-electron chi connectivity index (χ1n) is 5.97. The molecular formula is C14H12N4O. The highest BCUT2D eigenvalue weighted by atomic mass is 16.5. The highest BCUT2D eigenvalue weighted by molar-refractivity contribution is 5.71. The maximum Gasteiger partial charge on any atom is 0.167 e. The predicted molar refractivity (Wildman–Crippen MR) is 71.6 cm³/mol. The second-order valence-corrected chi connectivity index (χ2v) is 4.13. The Morgan fingerprint density at radius 2 is 2.42 bits per heavy atom. The van der Waals surface area contributed by atoms with Crippen molar-refractivity contribution in [1.82, 2.24) is 9.61 Å². The van der Waals surface area contributed by atoms with Crippen molar-refractivity contribution >= 4 is 11.3 Å². The summed E-state index contributed by atoms with van der Waals surface area (Å²) in [6.07, 6.45) is 7.40. The Kier molecular flexibility index (Phi) is 2.91. The van der Waals surface area contributed by atoms with Gasteiger partial charge in [0.2, 0.25) is 0 Å². The summed E-state index contributed by atoms with van der Waals surface area (Å²) in [7, 11) is 0. The number of nitrogens with zero attached hydrogens (tertiary/aromatic N) is 3. The van der Waals surface area contributed by atoms with Gasteiger partial charge in [-0.3, -0.25) is 0 Å². The lowest BCUT2D eigenvalue weighted by molar-refractivity contribution is 0.284. The molecule has 0 bridgehead atoms. The minimum absolute atomic E-state index is 0.567. The fourth-order valence-electron chi connectivity index (χ4n) is 1.96. The van der Waals surface area contributed by atoms with Crippen molar-refractivity contribution in [3.8, 4) is 6.07 Å². The van der Waals surface area contributed by atoms with Gasteiger partial charge in [-0.2, -0.15) is 5.26 Å². The maximum atomic E-state index is 9.25. The number of fused-ring (bicyclic) bond motifs is 1. The van der Waals surface area contributed by atoms with E-state index < -0.39 is 0 Å². The summed E-state index contributed by atoms with van der Waals surface area (Å²) in [5.41, 5.74) is 2.49. The molecular weight excluding hydrogens is 240 g/mol. The van der Waals surface area contributed by atoms with Crippen LogP contribution in [0.5, 0.6) is 0 Å². The third-order valence-electron chi connectivity index (χ3n) is 2.93. The smallest absolute Gasteiger partial charge is 0.167 e. The molecule has 1 aliphatic heterocycles. The van der Waals surface area contributed by atoms with Crippen LogP contribution in [0.25, 0.3) is 5.52 Å². The topological polar surface area (TPSA) is 62.3 Å². The van der Waals surface area contributed by atoms with Crippen LogP contribution in [0.1, 0.15) is 5.56 Å². The van der Waals surface area contributed by atoms with Gasteiger partial charge in [0.15, 0.2) is 5.82 Å². The monoisotopic (exact) mass is 252 g/mol. The molecule has 19 heavy (non-hydrogen) atoms. The van der Waals surface area contributed by atoms with E-state index >= 15 is 0 Å². The molecule has 0 saturated heterocycles. The lowest BCUT2D eigenvalue weighted by Gasteiger charge is -2.08. The fraction of sp³-hybridized carbons (Fsp3) is 0.143. The molecule has 5 heteroatoms. The molecule has 0 radical (unpaired) electrons. The largest absolute Gasteiger partial charge is 0.497 e. The van der Waals surface area contributed by atoms with E-state index in [9.17, 15) is 5.26 Å². The van der Waals surface area contributed by atoms with E-state index in [1.54, 1.807) is 10.8 Å². The second-order valence-electron chi connectivity index (χ2n) is 4.13. The van der Waals surface area contributed by atoms with Gasteiger partial charge >= 0.3 is 0 Å². The standard InChI is InChI=1S/C14H12N4O/c15-9-12-13-3-1-2-6-18(13)17-14(12)16-10-11-4-7-19-8-5-11/h1-7H,8,10H2,(H,16,17). The highest BCUT2D eigenvalue weighted by Crippen LogP contribution is 2.19. The van der Waals surface area contributed by atoms with E-state index in [0.29, 0.717) is 24.5 Å². The molecule has 0 unspecified atom stereocenters. The van der Waals surface area contributed by atoms with Crippen LogP contribution >= 0.6 is 0 Å². The molecule has 0 spiro atoms. The zero-order valence-corrected chi connectivity index (χ0v) is 10.2. The molecule has 0 atom stereocenters. The van der Waals surface area contributed by atoms with Crippen LogP contribution in [0.2, 0.25) is 0 Å². The van der Waals surface area contributed by atoms with Gasteiger partial charge in [-0.25, -0.2) is 4.52 Å². The van der Waals surface area contributed by atoms with Crippen molar-refractivity contribution in [2.24, 2.45) is 0 Å². The Morgan fingerprint density at radius 3 is 3.21 bits per heavy atom. The number of rotatable bonds is 3. The molecule has 1 N–H and O–H groups in total. The summed E-state index contributed by atoms with van der Waals surface area (Å²) in [4.78, 5) is 0. The van der Waals surface area contributed by atoms with Gasteiger partial charge in [0.05, 0.1) is 11.8 Å². The zero-order valence-electron chi connectivity index (χ0n) is 10.2. The number of anilines is 1. The number of pyridine rings is 1. The SMILES string of the molecule is N#Cc1c(NCC2=CCOC=C2)nn2ccccc12. The van der Waals surface area contributed by atoms with E-state index in [0.717, 1.165) is 11.1 Å². The Labute approximate surface area is 110 Å². The molecule has 3 rings (SSSR count). The van der Waals surface area contributed by atoms with Gasteiger partial charge in [-0.05, 0) is 29.9 Å². The summed E-state index contributed by atoms with van der Waals surface area (Å²) in [5, 5.41) is 16.8. The number of hydrogen-bond donors (Lipinski definition) is 1. The van der Waals surface area contributed by atoms with Crippen molar-refractivity contribution in [2.45, 2.75) is 0 Å². The van der Waals surface area contributed by atoms with E-state index in [1.807, 2.05) is 36.5 Å². The number of ether oxygens (including phenoxy) is 1. The second kappa shape index (κ2) is 4.86. The molecule has 5 nitrogen and oxygen atoms in total. The van der Waals surface area contributed by atoms with Crippen LogP contribution in [0.4, 0.5) is 5.82 Å². The van der Waals surface area contributed by atoms with Gasteiger partial charge in [0.25, 0.3) is 0 Å². The fourth-order valence-corrected chi connectivity index (χ4v) is 1.96. The Balaban J connectivity index is 1.86. The van der Waals surface area contributed by atoms with Gasteiger partial charge < -0.3 is 10.1 Å². The van der Waals surface area contributed by atoms with Crippen molar-refractivity contribution in [1.29, 1.82) is 5.26 Å². The van der Waals surface area contributed by atoms with Crippen LogP contribution < -0.4 is 5.32 Å². The molecule has 94 valence electrons. The quantitative estimate of drug-likeness (QED) is 0.908. The third kappa shape index (κ3) is 2.16. The van der Waals surface area contributed by atoms with Gasteiger partial charge in [-0.1, -0.05) is 6.07 Å². The van der Waals surface area contributed by atoms with Crippen molar-refractivity contribution in [2.75, 3.05) is 18.5 Å². The molecule has 1 aliphatic rings. The summed E-state index contributed by atoms with van der Waals surface area (Å²) < 4.78 is 6.79. The lowest BCUT2D eigenvalue weighted by atomic mass is 10.2. The van der Waals surface area contributed by atoms with Gasteiger partial charge in [0, 0.05) is 12.7 Å². The molecule has 2 aromatic heterocycles. The molecule has 0 fully saturated rings. The molecule has 0 aliphatic carbocycles. The van der Waals surface area contributed by atoms with E-state index in [4.69, 9.17) is 4.74 Å². The minimum Gasteiger partial charge on any atom is -0.497 e. The summed E-state index contributed by atoms with van der Waals surface area (Å²) in [6, 6.07) is 7.86. The van der Waals surface area contributed by atoms with Crippen LogP contribution in [0.3, 0.4) is 0 Å². The van der Waals surface area contributed by atoms with Crippen molar-refractivity contribution in [3.63, 3.8) is 0 Å². The predicted octanol–water partition coefficient (Wildman–Crippen LogP) is 2.09. The van der Waals surface area contributed by atoms with Crippen LogP contribution in [-0.4, -0.2) is 22.8 Å². The third-order valence-corrected chi connectivity index (χ3v) is 2.93. The van der Waals surface area contributed by atoms with E-state index in [-0.39, 0.29) is 0 Å². The Bertz CT molecular complexity index is 706. The van der Waals surface area contributed by atoms with Crippen LogP contribution in [-0.2, 0) is 4.74 Å². The molecule has 2 aromatic rings. The minimum atomic E-state index is 0.567. The number of hydrogen-bond acceptors (Lipinski definition) is 4. The Hall–Kier alpha value is -2.74. The maximum absolute atomic E-state index is 9.25. The Morgan fingerprint density at radius 1 is 1.47 bits per heavy atom. The molecule has 0 saturated carbocycles. The van der Waals surface area contributed by atoms with Gasteiger partial charge in [0.1, 0.15) is 18.2 Å². The van der Waals surface area contributed by atoms with Crippen LogP contribution in [0.15, 0.2) is 48.4 Å². The van der Waals surface area contributed by atoms with E-state index in [2.05, 4.69) is 16.5 Å².